The maximum atomic E-state index is 14.0. The summed E-state index contributed by atoms with van der Waals surface area (Å²) < 4.78 is 13.0. The van der Waals surface area contributed by atoms with Gasteiger partial charge in [-0.25, -0.2) is 14.8 Å². The van der Waals surface area contributed by atoms with Gasteiger partial charge in [0.05, 0.1) is 28.3 Å². The average Bonchev–Trinajstić information content (AvgIpc) is 3.72. The maximum absolute atomic E-state index is 14.0. The standard InChI is InChI=1S/C43H60N4O9S/c1-25-32-12-9-10-29-18-19-42(6)54-40(43(29,32)56-55-42)53-34(25)21-30(48)11-7-8-13-35(50)46-37(41(3,4)5)39(52)47-23-31(49)20-33(47)38(51)44-22-27-14-16-28(17-15-27)36-26(2)45-24-57-36/h14-17,24-25,29,31-34,37,40,49H,7-13,18-23H2,1-6H3,(H,44,51)(H,46,50). The van der Waals surface area contributed by atoms with E-state index >= 15 is 0 Å². The van der Waals surface area contributed by atoms with Crippen molar-refractivity contribution in [3.05, 3.63) is 41.0 Å². The predicted octanol–water partition coefficient (Wildman–Crippen LogP) is 5.75. The number of amides is 3. The molecule has 3 N–H and O–H groups in total. The van der Waals surface area contributed by atoms with Gasteiger partial charge in [0.2, 0.25) is 23.5 Å². The zero-order chi connectivity index (χ0) is 40.7. The van der Waals surface area contributed by atoms with E-state index in [1.54, 1.807) is 11.3 Å². The summed E-state index contributed by atoms with van der Waals surface area (Å²) in [5.41, 5.74) is 3.44. The summed E-state index contributed by atoms with van der Waals surface area (Å²) in [7, 11) is 0. The normalized spacial score (nSPS) is 32.6. The third kappa shape index (κ3) is 8.72. The van der Waals surface area contributed by atoms with E-state index in [0.717, 1.165) is 53.8 Å². The first-order valence-corrected chi connectivity index (χ1v) is 21.7. The van der Waals surface area contributed by atoms with Crippen molar-refractivity contribution in [2.24, 2.45) is 23.2 Å². The van der Waals surface area contributed by atoms with Crippen LogP contribution in [0.5, 0.6) is 0 Å². The molecule has 1 aromatic carbocycles. The van der Waals surface area contributed by atoms with Crippen molar-refractivity contribution in [1.29, 1.82) is 0 Å². The second-order valence-corrected chi connectivity index (χ2v) is 19.2. The number of aromatic nitrogens is 1. The summed E-state index contributed by atoms with van der Waals surface area (Å²) in [5.74, 6) is -1.26. The van der Waals surface area contributed by atoms with Gasteiger partial charge in [-0.2, -0.15) is 0 Å². The molecule has 1 spiro atoms. The van der Waals surface area contributed by atoms with E-state index in [2.05, 4.69) is 22.5 Å². The Morgan fingerprint density at radius 3 is 2.54 bits per heavy atom. The van der Waals surface area contributed by atoms with Gasteiger partial charge < -0.3 is 30.1 Å². The first-order chi connectivity index (χ1) is 27.1. The number of Topliss-reactive ketones (excluding diaryl/α,β-unsaturated/α-hetero) is 1. The van der Waals surface area contributed by atoms with E-state index in [9.17, 15) is 24.3 Å². The highest BCUT2D eigenvalue weighted by molar-refractivity contribution is 7.13. The Bertz CT molecular complexity index is 1800. The topological polar surface area (TPSA) is 166 Å². The number of nitrogens with zero attached hydrogens (tertiary/aromatic N) is 2. The van der Waals surface area contributed by atoms with E-state index in [1.807, 2.05) is 64.4 Å². The molecule has 2 bridgehead atoms. The minimum atomic E-state index is -0.916. The molecule has 3 amide bonds. The van der Waals surface area contributed by atoms with Crippen LogP contribution < -0.4 is 10.6 Å². The fourth-order valence-electron chi connectivity index (χ4n) is 9.81. The van der Waals surface area contributed by atoms with Crippen molar-refractivity contribution in [1.82, 2.24) is 20.5 Å². The van der Waals surface area contributed by atoms with E-state index in [4.69, 9.17) is 19.2 Å². The molecule has 2 aromatic rings. The summed E-state index contributed by atoms with van der Waals surface area (Å²) >= 11 is 1.58. The van der Waals surface area contributed by atoms with Crippen molar-refractivity contribution >= 4 is 34.8 Å². The minimum Gasteiger partial charge on any atom is -0.391 e. The van der Waals surface area contributed by atoms with Crippen LogP contribution in [0.15, 0.2) is 29.8 Å². The first kappa shape index (κ1) is 41.9. The summed E-state index contributed by atoms with van der Waals surface area (Å²) in [6.07, 6.45) is 5.00. The smallest absolute Gasteiger partial charge is 0.246 e. The van der Waals surface area contributed by atoms with Crippen LogP contribution in [0.3, 0.4) is 0 Å². The fourth-order valence-corrected chi connectivity index (χ4v) is 10.6. The van der Waals surface area contributed by atoms with Gasteiger partial charge in [-0.05, 0) is 74.3 Å². The van der Waals surface area contributed by atoms with Crippen molar-refractivity contribution in [2.45, 2.75) is 161 Å². The van der Waals surface area contributed by atoms with Crippen molar-refractivity contribution in [2.75, 3.05) is 6.54 Å². The minimum absolute atomic E-state index is 0.00298. The Morgan fingerprint density at radius 2 is 1.82 bits per heavy atom. The van der Waals surface area contributed by atoms with Crippen molar-refractivity contribution in [3.63, 3.8) is 0 Å². The summed E-state index contributed by atoms with van der Waals surface area (Å²) in [6, 6.07) is 6.12. The van der Waals surface area contributed by atoms with Crippen LogP contribution in [-0.2, 0) is 45.0 Å². The summed E-state index contributed by atoms with van der Waals surface area (Å²) in [4.78, 5) is 72.9. The molecule has 1 aromatic heterocycles. The lowest BCUT2D eigenvalue weighted by Gasteiger charge is -2.59. The number of rotatable bonds is 13. The number of thiazole rings is 1. The molecule has 1 saturated carbocycles. The number of benzene rings is 1. The number of hydrogen-bond donors (Lipinski definition) is 3. The number of aliphatic hydroxyl groups is 1. The Morgan fingerprint density at radius 1 is 1.07 bits per heavy atom. The van der Waals surface area contributed by atoms with E-state index in [1.165, 1.54) is 4.90 Å². The van der Waals surface area contributed by atoms with Gasteiger partial charge in [-0.3, -0.25) is 19.2 Å². The second kappa shape index (κ2) is 16.8. The average molecular weight is 809 g/mol. The molecule has 6 fully saturated rings. The van der Waals surface area contributed by atoms with E-state index in [0.29, 0.717) is 25.2 Å². The van der Waals surface area contributed by atoms with Gasteiger partial charge in [0, 0.05) is 51.1 Å². The Balaban J connectivity index is 0.882. The lowest BCUT2D eigenvalue weighted by atomic mass is 9.60. The molecule has 10 unspecified atom stereocenters. The zero-order valence-electron chi connectivity index (χ0n) is 34.2. The van der Waals surface area contributed by atoms with Crippen LogP contribution in [0.25, 0.3) is 10.4 Å². The third-order valence-electron chi connectivity index (χ3n) is 13.1. The van der Waals surface area contributed by atoms with Crippen LogP contribution in [0.4, 0.5) is 0 Å². The molecule has 8 rings (SSSR count). The summed E-state index contributed by atoms with van der Waals surface area (Å²) in [5, 5.41) is 16.5. The largest absolute Gasteiger partial charge is 0.391 e. The highest BCUT2D eigenvalue weighted by Gasteiger charge is 2.68. The molecule has 57 heavy (non-hydrogen) atoms. The quantitative estimate of drug-likeness (QED) is 0.168. The molecule has 5 aliphatic heterocycles. The van der Waals surface area contributed by atoms with Gasteiger partial charge in [0.1, 0.15) is 17.9 Å². The molecule has 312 valence electrons. The third-order valence-corrected chi connectivity index (χ3v) is 14.1. The second-order valence-electron chi connectivity index (χ2n) is 18.3. The lowest BCUT2D eigenvalue weighted by Crippen LogP contribution is -2.69. The monoisotopic (exact) mass is 808 g/mol. The number of fused-ring (bicyclic) bond motifs is 2. The van der Waals surface area contributed by atoms with Crippen molar-refractivity contribution < 1.29 is 43.5 Å². The van der Waals surface area contributed by atoms with Crippen LogP contribution in [0.2, 0.25) is 0 Å². The SMILES string of the molecule is Cc1ncsc1-c1ccc(CNC(=O)C2CC(O)CN2C(=O)C(NC(=O)CCCCC(=O)CC2OC3OC4(C)CCC5CCCC(C2C)C53OO4)C(C)(C)C)cc1. The van der Waals surface area contributed by atoms with Crippen LogP contribution >= 0.6 is 11.3 Å². The highest BCUT2D eigenvalue weighted by atomic mass is 32.1. The van der Waals surface area contributed by atoms with Crippen LogP contribution in [-0.4, -0.2) is 87.0 Å². The molecule has 6 heterocycles. The number of carbonyl (C=O) groups excluding carboxylic acids is 4. The maximum Gasteiger partial charge on any atom is 0.246 e. The number of β-amino-alcohol motifs (C(OH)–C–C–N with tert-alkyl or cyclic N) is 1. The zero-order valence-corrected chi connectivity index (χ0v) is 35.0. The van der Waals surface area contributed by atoms with Gasteiger partial charge in [-0.1, -0.05) is 58.4 Å². The number of ether oxygens (including phenoxy) is 2. The fraction of sp³-hybridized carbons (Fsp3) is 0.698. The van der Waals surface area contributed by atoms with Crippen molar-refractivity contribution in [3.8, 4) is 10.4 Å². The Hall–Kier alpha value is -3.27. The Labute approximate surface area is 339 Å². The summed E-state index contributed by atoms with van der Waals surface area (Å²) in [6.45, 7) is 11.9. The molecule has 14 heteroatoms. The van der Waals surface area contributed by atoms with E-state index in [-0.39, 0.29) is 67.9 Å². The van der Waals surface area contributed by atoms with Crippen LogP contribution in [0.1, 0.15) is 117 Å². The number of nitrogens with one attached hydrogen (secondary N) is 2. The van der Waals surface area contributed by atoms with Crippen LogP contribution in [0, 0.1) is 30.1 Å². The molecule has 1 aliphatic carbocycles. The van der Waals surface area contributed by atoms with Gasteiger partial charge >= 0.3 is 0 Å². The lowest BCUT2D eigenvalue weighted by molar-refractivity contribution is -0.569. The molecule has 6 aliphatic rings. The van der Waals surface area contributed by atoms with Gasteiger partial charge in [0.15, 0.2) is 11.9 Å². The molecule has 0 radical (unpaired) electrons. The molecular weight excluding hydrogens is 749 g/mol. The predicted molar refractivity (Wildman–Crippen MR) is 212 cm³/mol. The number of aliphatic hydroxyl groups excluding tert-OH is 1. The highest BCUT2D eigenvalue weighted by Crippen LogP contribution is 2.59. The molecule has 10 atom stereocenters. The molecule has 5 saturated heterocycles. The van der Waals surface area contributed by atoms with Gasteiger partial charge in [-0.15, -0.1) is 11.3 Å². The first-order valence-electron chi connectivity index (χ1n) is 20.8. The molecule has 13 nitrogen and oxygen atoms in total. The Kier molecular flexibility index (Phi) is 12.3. The number of carbonyl (C=O) groups is 4. The molecular formula is C43H60N4O9S. The number of hydrogen-bond acceptors (Lipinski definition) is 11. The number of ketones is 1. The number of likely N-dealkylation sites (tertiary alicyclic amines) is 1. The van der Waals surface area contributed by atoms with Gasteiger partial charge in [0.25, 0.3) is 0 Å². The number of aryl methyl sites for hydroxylation is 1. The number of unbranched alkanes of at least 4 members (excludes halogenated alkanes) is 1. The van der Waals surface area contributed by atoms with E-state index < -0.39 is 47.2 Å².